The number of unbranched alkanes of at least 4 members (excludes halogenated alkanes) is 12. The third-order valence-corrected chi connectivity index (χ3v) is 5.30. The number of ether oxygens (including phenoxy) is 1. The van der Waals surface area contributed by atoms with E-state index >= 15 is 0 Å². The number of rotatable bonds is 16. The minimum Gasteiger partial charge on any atom is -0.454 e. The van der Waals surface area contributed by atoms with Crippen LogP contribution in [0.3, 0.4) is 0 Å². The molecule has 7 heteroatoms. The van der Waals surface area contributed by atoms with Gasteiger partial charge in [-0.05, 0) is 19.0 Å². The Labute approximate surface area is 174 Å². The Hall–Kier alpha value is -1.44. The molecular weight excluding hydrogens is 374 g/mol. The quantitative estimate of drug-likeness (QED) is 0.228. The van der Waals surface area contributed by atoms with Crippen molar-refractivity contribution in [2.24, 2.45) is 0 Å². The van der Waals surface area contributed by atoms with Crippen LogP contribution in [0.2, 0.25) is 0 Å². The minimum atomic E-state index is -1.73. The monoisotopic (exact) mass is 413 g/mol. The Kier molecular flexibility index (Phi) is 13.6. The number of hydrogen-bond acceptors (Lipinski definition) is 6. The van der Waals surface area contributed by atoms with Crippen LogP contribution in [0.25, 0.3) is 0 Å². The number of hydrogen-bond donors (Lipinski definition) is 4. The third kappa shape index (κ3) is 10.2. The first kappa shape index (κ1) is 25.6. The number of nitrogens with one attached hydrogen (secondary N) is 1. The van der Waals surface area contributed by atoms with Crippen molar-refractivity contribution in [1.82, 2.24) is 5.32 Å². The van der Waals surface area contributed by atoms with Gasteiger partial charge in [0.05, 0.1) is 0 Å². The summed E-state index contributed by atoms with van der Waals surface area (Å²) in [5.74, 6) is -1.83. The van der Waals surface area contributed by atoms with Gasteiger partial charge < -0.3 is 25.4 Å². The van der Waals surface area contributed by atoms with Crippen LogP contribution in [0.1, 0.15) is 90.4 Å². The molecule has 1 heterocycles. The predicted octanol–water partition coefficient (Wildman–Crippen LogP) is 2.72. The van der Waals surface area contributed by atoms with Crippen molar-refractivity contribution in [3.63, 3.8) is 0 Å². The summed E-state index contributed by atoms with van der Waals surface area (Å²) in [4.78, 5) is 23.0. The van der Waals surface area contributed by atoms with Crippen LogP contribution in [-0.2, 0) is 14.3 Å². The van der Waals surface area contributed by atoms with Gasteiger partial charge in [0.15, 0.2) is 18.3 Å². The lowest BCUT2D eigenvalue weighted by Crippen LogP contribution is -2.46. The lowest BCUT2D eigenvalue weighted by atomic mass is 10.0. The zero-order valence-corrected chi connectivity index (χ0v) is 17.7. The van der Waals surface area contributed by atoms with E-state index in [1.807, 2.05) is 6.08 Å². The molecule has 1 saturated heterocycles. The number of carbonyl (C=O) groups is 2. The van der Waals surface area contributed by atoms with Gasteiger partial charge in [-0.1, -0.05) is 83.6 Å². The summed E-state index contributed by atoms with van der Waals surface area (Å²) in [6.45, 7) is 2.24. The number of aliphatic hydroxyl groups is 3. The second-order valence-electron chi connectivity index (χ2n) is 7.87. The molecule has 1 unspecified atom stereocenters. The standard InChI is InChI=1S/C22H39NO6/c1-2-3-4-5-6-7-8-9-10-11-12-13-14-15-16-23-21(27)19(26)20-17(24)18(25)22(28)29-20/h15-20,24-26H,2-14H2,1H3,(H,23,27)/t17-,18+,19?,20+/m1/s1. The molecular formula is C22H39NO6. The predicted molar refractivity (Wildman–Crippen MR) is 111 cm³/mol. The second kappa shape index (κ2) is 15.4. The maximum Gasteiger partial charge on any atom is 0.338 e. The lowest BCUT2D eigenvalue weighted by molar-refractivity contribution is -0.153. The summed E-state index contributed by atoms with van der Waals surface area (Å²) in [6, 6.07) is 0. The maximum atomic E-state index is 11.8. The second-order valence-corrected chi connectivity index (χ2v) is 7.87. The number of carbonyl (C=O) groups excluding carboxylic acids is 2. The molecule has 0 aliphatic carbocycles. The molecule has 0 aromatic heterocycles. The van der Waals surface area contributed by atoms with E-state index in [9.17, 15) is 24.9 Å². The normalized spacial score (nSPS) is 22.8. The summed E-state index contributed by atoms with van der Waals surface area (Å²) in [6.07, 6.45) is 13.0. The molecule has 1 fully saturated rings. The minimum absolute atomic E-state index is 0.790. The van der Waals surface area contributed by atoms with Crippen LogP contribution >= 0.6 is 0 Å². The molecule has 0 aromatic rings. The summed E-state index contributed by atoms with van der Waals surface area (Å²) in [7, 11) is 0. The summed E-state index contributed by atoms with van der Waals surface area (Å²) in [5, 5.41) is 31.1. The highest BCUT2D eigenvalue weighted by molar-refractivity contribution is 5.84. The first-order chi connectivity index (χ1) is 14.0. The van der Waals surface area contributed by atoms with Gasteiger partial charge in [-0.3, -0.25) is 4.79 Å². The van der Waals surface area contributed by atoms with Crippen LogP contribution in [-0.4, -0.2) is 51.6 Å². The molecule has 1 amide bonds. The van der Waals surface area contributed by atoms with Crippen molar-refractivity contribution in [2.75, 3.05) is 0 Å². The molecule has 0 spiro atoms. The molecule has 1 rings (SSSR count). The highest BCUT2D eigenvalue weighted by Gasteiger charge is 2.48. The first-order valence-electron chi connectivity index (χ1n) is 11.2. The van der Waals surface area contributed by atoms with E-state index in [0.717, 1.165) is 19.3 Å². The number of amides is 1. The SMILES string of the molecule is CCCCCCCCCCCCCCC=CNC(=O)C(O)[C@H]1OC(=O)[C@@H](O)[C@H]1O. The number of cyclic esters (lactones) is 1. The van der Waals surface area contributed by atoms with Crippen LogP contribution in [0.15, 0.2) is 12.3 Å². The Bertz CT molecular complexity index is 496. The van der Waals surface area contributed by atoms with Gasteiger partial charge in [0.25, 0.3) is 5.91 Å². The zero-order chi connectivity index (χ0) is 21.5. The van der Waals surface area contributed by atoms with Crippen molar-refractivity contribution in [1.29, 1.82) is 0 Å². The molecule has 0 bridgehead atoms. The summed E-state index contributed by atoms with van der Waals surface area (Å²) < 4.78 is 4.62. The Morgan fingerprint density at radius 1 is 1.00 bits per heavy atom. The van der Waals surface area contributed by atoms with Crippen molar-refractivity contribution < 1.29 is 29.6 Å². The fraction of sp³-hybridized carbons (Fsp3) is 0.818. The maximum absolute atomic E-state index is 11.8. The van der Waals surface area contributed by atoms with Gasteiger partial charge in [-0.25, -0.2) is 4.79 Å². The zero-order valence-electron chi connectivity index (χ0n) is 17.7. The molecule has 0 radical (unpaired) electrons. The average Bonchev–Trinajstić information content (AvgIpc) is 2.97. The molecule has 29 heavy (non-hydrogen) atoms. The van der Waals surface area contributed by atoms with E-state index in [-0.39, 0.29) is 0 Å². The van der Waals surface area contributed by atoms with Gasteiger partial charge in [0.1, 0.15) is 6.10 Å². The average molecular weight is 414 g/mol. The molecule has 1 aliphatic rings. The lowest BCUT2D eigenvalue weighted by Gasteiger charge is -2.18. The fourth-order valence-electron chi connectivity index (χ4n) is 3.41. The van der Waals surface area contributed by atoms with Crippen molar-refractivity contribution in [3.8, 4) is 0 Å². The highest BCUT2D eigenvalue weighted by atomic mass is 16.6. The Balaban J connectivity index is 1.97. The van der Waals surface area contributed by atoms with Crippen LogP contribution in [0, 0.1) is 0 Å². The summed E-state index contributed by atoms with van der Waals surface area (Å²) >= 11 is 0. The topological polar surface area (TPSA) is 116 Å². The number of esters is 1. The molecule has 0 saturated carbocycles. The van der Waals surface area contributed by atoms with Crippen molar-refractivity contribution in [3.05, 3.63) is 12.3 Å². The van der Waals surface area contributed by atoms with E-state index in [1.165, 1.54) is 70.4 Å². The van der Waals surface area contributed by atoms with Crippen LogP contribution in [0.4, 0.5) is 0 Å². The molecule has 168 valence electrons. The smallest absolute Gasteiger partial charge is 0.338 e. The van der Waals surface area contributed by atoms with E-state index in [0.29, 0.717) is 0 Å². The van der Waals surface area contributed by atoms with Gasteiger partial charge in [0, 0.05) is 0 Å². The van der Waals surface area contributed by atoms with Gasteiger partial charge in [0.2, 0.25) is 0 Å². The number of allylic oxidation sites excluding steroid dienone is 1. The molecule has 4 N–H and O–H groups in total. The fourth-order valence-corrected chi connectivity index (χ4v) is 3.41. The van der Waals surface area contributed by atoms with Gasteiger partial charge in [-0.15, -0.1) is 0 Å². The summed E-state index contributed by atoms with van der Waals surface area (Å²) in [5.41, 5.74) is 0. The third-order valence-electron chi connectivity index (χ3n) is 5.30. The molecule has 1 aliphatic heterocycles. The molecule has 4 atom stereocenters. The Morgan fingerprint density at radius 2 is 1.52 bits per heavy atom. The van der Waals surface area contributed by atoms with E-state index in [2.05, 4.69) is 17.0 Å². The Morgan fingerprint density at radius 3 is 2.00 bits per heavy atom. The van der Waals surface area contributed by atoms with Crippen LogP contribution < -0.4 is 5.32 Å². The van der Waals surface area contributed by atoms with E-state index in [4.69, 9.17) is 0 Å². The highest BCUT2D eigenvalue weighted by Crippen LogP contribution is 2.19. The van der Waals surface area contributed by atoms with Crippen molar-refractivity contribution in [2.45, 2.75) is 115 Å². The molecule has 7 nitrogen and oxygen atoms in total. The molecule has 0 aromatic carbocycles. The van der Waals surface area contributed by atoms with Gasteiger partial charge >= 0.3 is 5.97 Å². The largest absolute Gasteiger partial charge is 0.454 e. The first-order valence-corrected chi connectivity index (χ1v) is 11.2. The van der Waals surface area contributed by atoms with Gasteiger partial charge in [-0.2, -0.15) is 0 Å². The van der Waals surface area contributed by atoms with Crippen LogP contribution in [0.5, 0.6) is 0 Å². The van der Waals surface area contributed by atoms with E-state index < -0.39 is 36.3 Å². The van der Waals surface area contributed by atoms with E-state index in [1.54, 1.807) is 0 Å². The van der Waals surface area contributed by atoms with Crippen molar-refractivity contribution >= 4 is 11.9 Å². The number of aliphatic hydroxyl groups excluding tert-OH is 3.